The number of sulfonamides is 1. The average molecular weight is 532 g/mol. The standard InChI is InChI=1S/C23H28F3N3O4S2/c1-22(31,23(24,25)26)17-4-6-18(7-5-17)29-13-12-28(35(32,33)21-3-2-14-34-21)16-19(29)15-27-10-8-20(30)9-11-27/h2-7,14,19,31H,8-13,15-16H2,1H3/t19-,22+/m0/s1. The molecule has 2 aliphatic rings. The Morgan fingerprint density at radius 1 is 1.06 bits per heavy atom. The SMILES string of the molecule is C[C@@](O)(c1ccc(N2CCN(S(=O)(=O)c3cccs3)C[C@@H]2CN2CCC(=O)CC2)cc1)C(F)(F)F. The zero-order chi connectivity index (χ0) is 25.4. The molecule has 0 saturated carbocycles. The fourth-order valence-electron chi connectivity index (χ4n) is 4.50. The highest BCUT2D eigenvalue weighted by molar-refractivity contribution is 7.91. The molecule has 1 N–H and O–H groups in total. The number of hydrogen-bond acceptors (Lipinski definition) is 7. The molecule has 2 aromatic rings. The van der Waals surface area contributed by atoms with Gasteiger partial charge in [0, 0.05) is 57.8 Å². The Morgan fingerprint density at radius 3 is 2.29 bits per heavy atom. The quantitative estimate of drug-likeness (QED) is 0.617. The van der Waals surface area contributed by atoms with Gasteiger partial charge in [0.25, 0.3) is 10.0 Å². The highest BCUT2D eigenvalue weighted by Crippen LogP contribution is 2.39. The van der Waals surface area contributed by atoms with Gasteiger partial charge >= 0.3 is 6.18 Å². The molecule has 2 atom stereocenters. The van der Waals surface area contributed by atoms with Crippen LogP contribution in [0.4, 0.5) is 18.9 Å². The van der Waals surface area contributed by atoms with Gasteiger partial charge in [-0.25, -0.2) is 8.42 Å². The van der Waals surface area contributed by atoms with Crippen LogP contribution in [0.25, 0.3) is 0 Å². The third-order valence-corrected chi connectivity index (χ3v) is 9.97. The molecule has 1 aromatic carbocycles. The lowest BCUT2D eigenvalue weighted by Crippen LogP contribution is -2.58. The molecule has 2 aliphatic heterocycles. The topological polar surface area (TPSA) is 81.2 Å². The van der Waals surface area contributed by atoms with E-state index < -0.39 is 21.8 Å². The first-order chi connectivity index (χ1) is 16.4. The molecule has 0 unspecified atom stereocenters. The van der Waals surface area contributed by atoms with Crippen molar-refractivity contribution in [3.8, 4) is 0 Å². The fraction of sp³-hybridized carbons (Fsp3) is 0.522. The average Bonchev–Trinajstić information content (AvgIpc) is 3.36. The number of piperidine rings is 1. The second-order valence-electron chi connectivity index (χ2n) is 9.10. The van der Waals surface area contributed by atoms with Crippen molar-refractivity contribution in [1.82, 2.24) is 9.21 Å². The molecule has 12 heteroatoms. The van der Waals surface area contributed by atoms with Gasteiger partial charge in [-0.3, -0.25) is 4.79 Å². The van der Waals surface area contributed by atoms with Gasteiger partial charge in [0.15, 0.2) is 5.60 Å². The van der Waals surface area contributed by atoms with E-state index in [0.717, 1.165) is 18.3 Å². The first kappa shape index (κ1) is 26.1. The lowest BCUT2D eigenvalue weighted by molar-refractivity contribution is -0.258. The molecule has 192 valence electrons. The third kappa shape index (κ3) is 5.41. The van der Waals surface area contributed by atoms with Crippen molar-refractivity contribution in [2.24, 2.45) is 0 Å². The minimum Gasteiger partial charge on any atom is -0.376 e. The summed E-state index contributed by atoms with van der Waals surface area (Å²) in [6.45, 7) is 3.23. The van der Waals surface area contributed by atoms with Gasteiger partial charge < -0.3 is 14.9 Å². The Bertz CT molecular complexity index is 1130. The summed E-state index contributed by atoms with van der Waals surface area (Å²) in [5.74, 6) is 0.205. The number of aliphatic hydroxyl groups is 1. The highest BCUT2D eigenvalue weighted by Gasteiger charge is 2.51. The second kappa shape index (κ2) is 9.81. The van der Waals surface area contributed by atoms with Crippen LogP contribution in [0.2, 0.25) is 0 Å². The highest BCUT2D eigenvalue weighted by atomic mass is 32.2. The van der Waals surface area contributed by atoms with Gasteiger partial charge in [0.05, 0.1) is 6.04 Å². The molecule has 4 rings (SSSR count). The molecule has 1 aromatic heterocycles. The van der Waals surface area contributed by atoms with Crippen molar-refractivity contribution >= 4 is 32.8 Å². The normalized spacial score (nSPS) is 22.8. The molecular weight excluding hydrogens is 503 g/mol. The van der Waals surface area contributed by atoms with E-state index in [9.17, 15) is 31.5 Å². The van der Waals surface area contributed by atoms with E-state index in [1.165, 1.54) is 28.6 Å². The minimum absolute atomic E-state index is 0.205. The molecule has 2 saturated heterocycles. The molecule has 35 heavy (non-hydrogen) atoms. The molecule has 7 nitrogen and oxygen atoms in total. The number of Topliss-reactive ketones (excluding diaryl/α,β-unsaturated/α-hetero) is 1. The van der Waals surface area contributed by atoms with Crippen LogP contribution in [-0.2, 0) is 20.4 Å². The molecular formula is C23H28F3N3O4S2. The number of alkyl halides is 3. The van der Waals surface area contributed by atoms with Crippen LogP contribution in [0, 0.1) is 0 Å². The Labute approximate surface area is 206 Å². The number of halogens is 3. The first-order valence-electron chi connectivity index (χ1n) is 11.3. The van der Waals surface area contributed by atoms with Gasteiger partial charge in [-0.05, 0) is 36.1 Å². The Hall–Kier alpha value is -1.99. The van der Waals surface area contributed by atoms with E-state index in [1.807, 2.05) is 4.90 Å². The molecule has 0 amide bonds. The van der Waals surface area contributed by atoms with E-state index >= 15 is 0 Å². The van der Waals surface area contributed by atoms with Crippen molar-refractivity contribution in [2.45, 2.75) is 41.8 Å². The monoisotopic (exact) mass is 531 g/mol. The van der Waals surface area contributed by atoms with Crippen molar-refractivity contribution < 1.29 is 31.5 Å². The largest absolute Gasteiger partial charge is 0.421 e. The van der Waals surface area contributed by atoms with Crippen molar-refractivity contribution in [3.05, 3.63) is 47.3 Å². The van der Waals surface area contributed by atoms with E-state index in [2.05, 4.69) is 4.90 Å². The number of rotatable bonds is 6. The minimum atomic E-state index is -4.81. The third-order valence-electron chi connectivity index (χ3n) is 6.73. The zero-order valence-electron chi connectivity index (χ0n) is 19.2. The molecule has 0 radical (unpaired) electrons. The van der Waals surface area contributed by atoms with Crippen molar-refractivity contribution in [2.75, 3.05) is 44.2 Å². The van der Waals surface area contributed by atoms with Gasteiger partial charge in [-0.15, -0.1) is 11.3 Å². The number of hydrogen-bond donors (Lipinski definition) is 1. The molecule has 0 bridgehead atoms. The number of nitrogens with zero attached hydrogens (tertiary/aromatic N) is 3. The number of thiophene rings is 1. The summed E-state index contributed by atoms with van der Waals surface area (Å²) in [5.41, 5.74) is -2.59. The number of benzene rings is 1. The van der Waals surface area contributed by atoms with Crippen LogP contribution in [-0.4, -0.2) is 80.0 Å². The maximum absolute atomic E-state index is 13.2. The van der Waals surface area contributed by atoms with Gasteiger partial charge in [0.1, 0.15) is 9.99 Å². The Kier molecular flexibility index (Phi) is 7.31. The summed E-state index contributed by atoms with van der Waals surface area (Å²) in [6.07, 6.45) is -3.92. The maximum Gasteiger partial charge on any atom is 0.421 e. The summed E-state index contributed by atoms with van der Waals surface area (Å²) in [7, 11) is -3.65. The summed E-state index contributed by atoms with van der Waals surface area (Å²) < 4.78 is 67.8. The van der Waals surface area contributed by atoms with Crippen LogP contribution in [0.3, 0.4) is 0 Å². The van der Waals surface area contributed by atoms with Crippen molar-refractivity contribution in [1.29, 1.82) is 0 Å². The van der Waals surface area contributed by atoms with Gasteiger partial charge in [-0.1, -0.05) is 18.2 Å². The molecule has 3 heterocycles. The van der Waals surface area contributed by atoms with Crippen LogP contribution in [0.1, 0.15) is 25.3 Å². The zero-order valence-corrected chi connectivity index (χ0v) is 20.9. The lowest BCUT2D eigenvalue weighted by Gasteiger charge is -2.44. The second-order valence-corrected chi connectivity index (χ2v) is 12.2. The van der Waals surface area contributed by atoms with Gasteiger partial charge in [0.2, 0.25) is 0 Å². The molecule has 2 fully saturated rings. The van der Waals surface area contributed by atoms with E-state index in [1.54, 1.807) is 17.5 Å². The predicted octanol–water partition coefficient (Wildman–Crippen LogP) is 3.06. The van der Waals surface area contributed by atoms with Crippen LogP contribution >= 0.6 is 11.3 Å². The van der Waals surface area contributed by atoms with E-state index in [0.29, 0.717) is 44.7 Å². The Morgan fingerprint density at radius 2 is 1.71 bits per heavy atom. The summed E-state index contributed by atoms with van der Waals surface area (Å²) in [6, 6.07) is 8.58. The summed E-state index contributed by atoms with van der Waals surface area (Å²) in [5, 5.41) is 11.7. The molecule has 0 aliphatic carbocycles. The Balaban J connectivity index is 1.58. The molecule has 0 spiro atoms. The predicted molar refractivity (Wildman–Crippen MR) is 127 cm³/mol. The fourth-order valence-corrected chi connectivity index (χ4v) is 7.12. The maximum atomic E-state index is 13.2. The van der Waals surface area contributed by atoms with E-state index in [-0.39, 0.29) is 34.7 Å². The smallest absolute Gasteiger partial charge is 0.376 e. The van der Waals surface area contributed by atoms with E-state index in [4.69, 9.17) is 0 Å². The first-order valence-corrected chi connectivity index (χ1v) is 13.7. The van der Waals surface area contributed by atoms with Crippen LogP contribution in [0.15, 0.2) is 46.0 Å². The number of carbonyl (C=O) groups is 1. The number of carbonyl (C=O) groups excluding carboxylic acids is 1. The van der Waals surface area contributed by atoms with Crippen molar-refractivity contribution in [3.63, 3.8) is 0 Å². The number of ketones is 1. The number of piperazine rings is 1. The number of anilines is 1. The van der Waals surface area contributed by atoms with Crippen LogP contribution in [0.5, 0.6) is 0 Å². The lowest BCUT2D eigenvalue weighted by atomic mass is 9.95. The number of likely N-dealkylation sites (tertiary alicyclic amines) is 1. The summed E-state index contributed by atoms with van der Waals surface area (Å²) in [4.78, 5) is 15.8. The van der Waals surface area contributed by atoms with Crippen LogP contribution < -0.4 is 4.90 Å². The summed E-state index contributed by atoms with van der Waals surface area (Å²) >= 11 is 1.16. The van der Waals surface area contributed by atoms with Gasteiger partial charge in [-0.2, -0.15) is 17.5 Å².